The Hall–Kier alpha value is -1.06. The molecule has 1 amide bonds. The van der Waals surface area contributed by atoms with Gasteiger partial charge in [-0.1, -0.05) is 11.6 Å². The van der Waals surface area contributed by atoms with Gasteiger partial charge in [0.15, 0.2) is 0 Å². The molecule has 1 aromatic rings. The second-order valence-corrected chi connectivity index (χ2v) is 4.87. The summed E-state index contributed by atoms with van der Waals surface area (Å²) in [5, 5.41) is 12.4. The predicted molar refractivity (Wildman–Crippen MR) is 64.8 cm³/mol. The average molecular weight is 242 g/mol. The van der Waals surface area contributed by atoms with E-state index in [1.165, 1.54) is 0 Å². The largest absolute Gasteiger partial charge is 0.394 e. The van der Waals surface area contributed by atoms with Gasteiger partial charge in [-0.25, -0.2) is 0 Å². The molecule has 88 valence electrons. The number of aliphatic hydroxyl groups excluding tert-OH is 1. The van der Waals surface area contributed by atoms with Crippen LogP contribution < -0.4 is 5.32 Å². The molecular weight excluding hydrogens is 226 g/mol. The number of amides is 1. The lowest BCUT2D eigenvalue weighted by Crippen LogP contribution is -2.46. The van der Waals surface area contributed by atoms with E-state index in [0.717, 1.165) is 5.56 Å². The van der Waals surface area contributed by atoms with Crippen molar-refractivity contribution in [3.05, 3.63) is 34.3 Å². The lowest BCUT2D eigenvalue weighted by Gasteiger charge is -2.23. The second kappa shape index (κ2) is 4.85. The van der Waals surface area contributed by atoms with Crippen LogP contribution in [0.25, 0.3) is 0 Å². The van der Waals surface area contributed by atoms with Crippen LogP contribution in [0.1, 0.15) is 29.8 Å². The van der Waals surface area contributed by atoms with E-state index in [2.05, 4.69) is 5.32 Å². The monoisotopic (exact) mass is 241 g/mol. The number of aryl methyl sites for hydroxylation is 1. The Kier molecular flexibility index (Phi) is 3.94. The highest BCUT2D eigenvalue weighted by atomic mass is 35.5. The highest BCUT2D eigenvalue weighted by molar-refractivity contribution is 6.31. The number of carbonyl (C=O) groups is 1. The smallest absolute Gasteiger partial charge is 0.251 e. The average Bonchev–Trinajstić information content (AvgIpc) is 2.21. The van der Waals surface area contributed by atoms with Gasteiger partial charge in [0.2, 0.25) is 0 Å². The van der Waals surface area contributed by atoms with Crippen LogP contribution in [-0.4, -0.2) is 23.2 Å². The van der Waals surface area contributed by atoms with E-state index in [-0.39, 0.29) is 12.5 Å². The molecular formula is C12H16ClNO2. The third-order valence-electron chi connectivity index (χ3n) is 2.27. The minimum Gasteiger partial charge on any atom is -0.394 e. The van der Waals surface area contributed by atoms with Crippen LogP contribution in [-0.2, 0) is 0 Å². The maximum Gasteiger partial charge on any atom is 0.251 e. The summed E-state index contributed by atoms with van der Waals surface area (Å²) < 4.78 is 0. The van der Waals surface area contributed by atoms with Crippen molar-refractivity contribution < 1.29 is 9.90 Å². The Morgan fingerprint density at radius 2 is 2.12 bits per heavy atom. The van der Waals surface area contributed by atoms with Crippen LogP contribution in [0.3, 0.4) is 0 Å². The molecule has 0 spiro atoms. The van der Waals surface area contributed by atoms with Gasteiger partial charge in [-0.2, -0.15) is 0 Å². The predicted octanol–water partition coefficient (Wildman–Crippen LogP) is 2.15. The zero-order valence-electron chi connectivity index (χ0n) is 9.67. The molecule has 4 heteroatoms. The van der Waals surface area contributed by atoms with Crippen molar-refractivity contribution >= 4 is 17.5 Å². The minimum absolute atomic E-state index is 0.106. The molecule has 0 unspecified atom stereocenters. The molecule has 1 rings (SSSR count). The fourth-order valence-electron chi connectivity index (χ4n) is 1.20. The van der Waals surface area contributed by atoms with Crippen molar-refractivity contribution in [1.82, 2.24) is 5.32 Å². The molecule has 0 bridgehead atoms. The zero-order chi connectivity index (χ0) is 12.3. The number of carbonyl (C=O) groups excluding carboxylic acids is 1. The Morgan fingerprint density at radius 1 is 1.50 bits per heavy atom. The molecule has 0 aliphatic carbocycles. The summed E-state index contributed by atoms with van der Waals surface area (Å²) in [6.07, 6.45) is 0. The number of hydrogen-bond acceptors (Lipinski definition) is 2. The molecule has 3 nitrogen and oxygen atoms in total. The molecule has 0 aliphatic heterocycles. The summed E-state index contributed by atoms with van der Waals surface area (Å²) >= 11 is 5.87. The maximum atomic E-state index is 11.8. The van der Waals surface area contributed by atoms with Crippen LogP contribution in [0.15, 0.2) is 18.2 Å². The summed E-state index contributed by atoms with van der Waals surface area (Å²) in [6, 6.07) is 5.08. The van der Waals surface area contributed by atoms with Crippen LogP contribution in [0, 0.1) is 6.92 Å². The first kappa shape index (κ1) is 13.0. The van der Waals surface area contributed by atoms with E-state index in [1.54, 1.807) is 32.0 Å². The van der Waals surface area contributed by atoms with Gasteiger partial charge in [-0.3, -0.25) is 4.79 Å². The van der Waals surface area contributed by atoms with Crippen LogP contribution in [0.4, 0.5) is 0 Å². The van der Waals surface area contributed by atoms with Crippen molar-refractivity contribution in [2.75, 3.05) is 6.61 Å². The van der Waals surface area contributed by atoms with Gasteiger partial charge in [-0.15, -0.1) is 0 Å². The molecule has 0 aromatic heterocycles. The fourth-order valence-corrected chi connectivity index (χ4v) is 1.32. The molecule has 2 N–H and O–H groups in total. The topological polar surface area (TPSA) is 49.3 Å². The molecule has 0 saturated carbocycles. The van der Waals surface area contributed by atoms with E-state index in [9.17, 15) is 4.79 Å². The number of halogens is 1. The van der Waals surface area contributed by atoms with Crippen LogP contribution in [0.2, 0.25) is 5.02 Å². The van der Waals surface area contributed by atoms with E-state index in [1.807, 2.05) is 6.92 Å². The lowest BCUT2D eigenvalue weighted by molar-refractivity contribution is 0.0869. The summed E-state index contributed by atoms with van der Waals surface area (Å²) in [5.41, 5.74) is 0.782. The van der Waals surface area contributed by atoms with Crippen molar-refractivity contribution in [3.63, 3.8) is 0 Å². The number of aliphatic hydroxyl groups is 1. The zero-order valence-corrected chi connectivity index (χ0v) is 10.4. The van der Waals surface area contributed by atoms with Crippen molar-refractivity contribution in [1.29, 1.82) is 0 Å². The molecule has 0 aliphatic rings. The third-order valence-corrected chi connectivity index (χ3v) is 2.69. The first-order valence-electron chi connectivity index (χ1n) is 5.05. The molecule has 0 fully saturated rings. The Morgan fingerprint density at radius 3 is 2.62 bits per heavy atom. The summed E-state index contributed by atoms with van der Waals surface area (Å²) in [4.78, 5) is 11.8. The molecule has 0 atom stereocenters. The van der Waals surface area contributed by atoms with Gasteiger partial charge in [0, 0.05) is 10.6 Å². The fraction of sp³-hybridized carbons (Fsp3) is 0.417. The number of rotatable bonds is 3. The highest BCUT2D eigenvalue weighted by Gasteiger charge is 2.20. The lowest BCUT2D eigenvalue weighted by atomic mass is 10.1. The van der Waals surface area contributed by atoms with Crippen molar-refractivity contribution in [2.24, 2.45) is 0 Å². The number of benzene rings is 1. The van der Waals surface area contributed by atoms with Gasteiger partial charge in [0.1, 0.15) is 0 Å². The molecule has 0 saturated heterocycles. The third kappa shape index (κ3) is 3.22. The highest BCUT2D eigenvalue weighted by Crippen LogP contribution is 2.16. The second-order valence-electron chi connectivity index (χ2n) is 4.46. The minimum atomic E-state index is -0.620. The van der Waals surface area contributed by atoms with Gasteiger partial charge in [0.05, 0.1) is 12.1 Å². The van der Waals surface area contributed by atoms with E-state index < -0.39 is 5.54 Å². The summed E-state index contributed by atoms with van der Waals surface area (Å²) in [5.74, 6) is -0.209. The van der Waals surface area contributed by atoms with E-state index in [4.69, 9.17) is 16.7 Å². The van der Waals surface area contributed by atoms with E-state index in [0.29, 0.717) is 10.6 Å². The molecule has 0 radical (unpaired) electrons. The molecule has 16 heavy (non-hydrogen) atoms. The van der Waals surface area contributed by atoms with Gasteiger partial charge < -0.3 is 10.4 Å². The first-order valence-corrected chi connectivity index (χ1v) is 5.43. The quantitative estimate of drug-likeness (QED) is 0.852. The number of hydrogen-bond donors (Lipinski definition) is 2. The summed E-state index contributed by atoms with van der Waals surface area (Å²) in [6.45, 7) is 5.25. The van der Waals surface area contributed by atoms with Gasteiger partial charge in [0.25, 0.3) is 5.91 Å². The van der Waals surface area contributed by atoms with Crippen LogP contribution in [0.5, 0.6) is 0 Å². The number of nitrogens with one attached hydrogen (secondary N) is 1. The van der Waals surface area contributed by atoms with Gasteiger partial charge >= 0.3 is 0 Å². The Bertz CT molecular complexity index is 402. The maximum absolute atomic E-state index is 11.8. The first-order chi connectivity index (χ1) is 7.35. The van der Waals surface area contributed by atoms with Crippen molar-refractivity contribution in [2.45, 2.75) is 26.3 Å². The van der Waals surface area contributed by atoms with Gasteiger partial charge in [-0.05, 0) is 44.5 Å². The SMILES string of the molecule is Cc1cc(C(=O)NC(C)(C)CO)ccc1Cl. The normalized spacial score (nSPS) is 11.3. The standard InChI is InChI=1S/C12H16ClNO2/c1-8-6-9(4-5-10(8)13)11(16)14-12(2,3)7-15/h4-6,15H,7H2,1-3H3,(H,14,16). The van der Waals surface area contributed by atoms with Crippen LogP contribution >= 0.6 is 11.6 Å². The van der Waals surface area contributed by atoms with Crippen molar-refractivity contribution in [3.8, 4) is 0 Å². The molecule has 1 aromatic carbocycles. The Labute approximate surface area is 100 Å². The van der Waals surface area contributed by atoms with E-state index >= 15 is 0 Å². The Balaban J connectivity index is 2.85. The molecule has 0 heterocycles. The summed E-state index contributed by atoms with van der Waals surface area (Å²) in [7, 11) is 0.